The lowest BCUT2D eigenvalue weighted by molar-refractivity contribution is -0.151. The fraction of sp³-hybridized carbons (Fsp3) is 0.211. The molecule has 4 N–H and O–H groups in total. The maximum atomic E-state index is 11.4. The number of hydrogen-bond acceptors (Lipinski definition) is 4. The van der Waals surface area contributed by atoms with Crippen molar-refractivity contribution in [3.63, 3.8) is 0 Å². The Balaban J connectivity index is 2.14. The van der Waals surface area contributed by atoms with Crippen LogP contribution in [0.5, 0.6) is 0 Å². The maximum Gasteiger partial charge on any atom is 0.394 e. The van der Waals surface area contributed by atoms with E-state index in [1.54, 1.807) is 18.2 Å². The largest absolute Gasteiger partial charge is 0.479 e. The third-order valence-electron chi connectivity index (χ3n) is 3.92. The highest BCUT2D eigenvalue weighted by Crippen LogP contribution is 2.23. The summed E-state index contributed by atoms with van der Waals surface area (Å²) in [6.45, 7) is 0. The summed E-state index contributed by atoms with van der Waals surface area (Å²) >= 11 is 5.98. The van der Waals surface area contributed by atoms with Crippen LogP contribution in [-0.2, 0) is 20.8 Å². The third kappa shape index (κ3) is 6.09. The zero-order valence-corrected chi connectivity index (χ0v) is 14.9. The highest BCUT2D eigenvalue weighted by atomic mass is 35.5. The molecule has 8 heteroatoms. The number of aliphatic hydroxyl groups excluding tert-OH is 1. The second-order valence-electron chi connectivity index (χ2n) is 5.98. The number of rotatable bonds is 7. The lowest BCUT2D eigenvalue weighted by atomic mass is 9.98. The van der Waals surface area contributed by atoms with Gasteiger partial charge in [0.15, 0.2) is 6.10 Å². The van der Waals surface area contributed by atoms with Crippen molar-refractivity contribution in [1.29, 1.82) is 0 Å². The molecule has 27 heavy (non-hydrogen) atoms. The number of amides is 1. The van der Waals surface area contributed by atoms with Gasteiger partial charge >= 0.3 is 17.8 Å². The first-order chi connectivity index (χ1) is 12.8. The first-order valence-electron chi connectivity index (χ1n) is 8.06. The van der Waals surface area contributed by atoms with Crippen molar-refractivity contribution < 1.29 is 29.7 Å². The Morgan fingerprint density at radius 1 is 1.00 bits per heavy atom. The van der Waals surface area contributed by atoms with Gasteiger partial charge in [0, 0.05) is 17.5 Å². The minimum absolute atomic E-state index is 0.166. The molecule has 0 saturated heterocycles. The maximum absolute atomic E-state index is 11.4. The van der Waals surface area contributed by atoms with Crippen LogP contribution in [0.25, 0.3) is 11.1 Å². The quantitative estimate of drug-likeness (QED) is 0.535. The summed E-state index contributed by atoms with van der Waals surface area (Å²) in [5.74, 6) is -4.38. The van der Waals surface area contributed by atoms with Crippen LogP contribution < -0.4 is 5.32 Å². The molecule has 0 aliphatic rings. The molecule has 2 rings (SSSR count). The first-order valence-corrected chi connectivity index (χ1v) is 8.43. The van der Waals surface area contributed by atoms with E-state index in [0.29, 0.717) is 5.02 Å². The third-order valence-corrected chi connectivity index (χ3v) is 4.15. The summed E-state index contributed by atoms with van der Waals surface area (Å²) in [6.07, 6.45) is -1.86. The number of carbonyl (C=O) groups is 3. The van der Waals surface area contributed by atoms with Crippen LogP contribution in [0.4, 0.5) is 0 Å². The zero-order chi connectivity index (χ0) is 20.0. The van der Waals surface area contributed by atoms with Crippen molar-refractivity contribution in [1.82, 2.24) is 5.32 Å². The van der Waals surface area contributed by atoms with Gasteiger partial charge in [-0.25, -0.2) is 9.59 Å². The van der Waals surface area contributed by atoms with Crippen molar-refractivity contribution in [3.05, 3.63) is 59.1 Å². The monoisotopic (exact) mass is 391 g/mol. The molecular formula is C19H18ClNO6. The van der Waals surface area contributed by atoms with Gasteiger partial charge in [0.2, 0.25) is 0 Å². The highest BCUT2D eigenvalue weighted by Gasteiger charge is 2.24. The van der Waals surface area contributed by atoms with Crippen LogP contribution >= 0.6 is 11.6 Å². The zero-order valence-electron chi connectivity index (χ0n) is 14.1. The van der Waals surface area contributed by atoms with Gasteiger partial charge in [-0.05, 0) is 35.2 Å². The highest BCUT2D eigenvalue weighted by molar-refractivity contribution is 6.31. The van der Waals surface area contributed by atoms with E-state index in [4.69, 9.17) is 21.8 Å². The summed E-state index contributed by atoms with van der Waals surface area (Å²) < 4.78 is 0. The van der Waals surface area contributed by atoms with Crippen LogP contribution in [0.3, 0.4) is 0 Å². The summed E-state index contributed by atoms with van der Waals surface area (Å²) in [7, 11) is 0. The Hall–Kier alpha value is -2.90. The topological polar surface area (TPSA) is 124 Å². The SMILES string of the molecule is O=C(O)C(=O)N[C@H](Cc1ccc(-c2cccc(Cl)c2)cc1)CC(O)C(=O)O. The van der Waals surface area contributed by atoms with E-state index in [9.17, 15) is 19.5 Å². The van der Waals surface area contributed by atoms with Gasteiger partial charge in [-0.2, -0.15) is 0 Å². The normalized spacial score (nSPS) is 12.8. The average Bonchev–Trinajstić information content (AvgIpc) is 2.62. The number of halogens is 1. The van der Waals surface area contributed by atoms with E-state index < -0.39 is 30.0 Å². The fourth-order valence-electron chi connectivity index (χ4n) is 2.60. The molecule has 0 aliphatic carbocycles. The molecule has 0 heterocycles. The van der Waals surface area contributed by atoms with Gasteiger partial charge in [0.25, 0.3) is 0 Å². The molecule has 0 spiro atoms. The Morgan fingerprint density at radius 3 is 2.22 bits per heavy atom. The molecule has 1 amide bonds. The van der Waals surface area contributed by atoms with E-state index >= 15 is 0 Å². The van der Waals surface area contributed by atoms with Crippen molar-refractivity contribution in [2.45, 2.75) is 25.0 Å². The van der Waals surface area contributed by atoms with Crippen molar-refractivity contribution in [2.24, 2.45) is 0 Å². The number of benzene rings is 2. The number of carboxylic acid groups (broad SMARTS) is 2. The predicted octanol–water partition coefficient (Wildman–Crippen LogP) is 1.95. The second kappa shape index (κ2) is 9.16. The lowest BCUT2D eigenvalue weighted by Gasteiger charge is -2.19. The number of carboxylic acids is 2. The standard InChI is InChI=1S/C19H18ClNO6/c20-14-3-1-2-13(9-14)12-6-4-11(5-7-12)8-15(10-16(22)18(24)25)21-17(23)19(26)27/h1-7,9,15-16,22H,8,10H2,(H,21,23)(H,24,25)(H,26,27)/t15-,16?/m1/s1. The summed E-state index contributed by atoms with van der Waals surface area (Å²) in [4.78, 5) is 33.0. The Bertz CT molecular complexity index is 836. The Morgan fingerprint density at radius 2 is 1.67 bits per heavy atom. The summed E-state index contributed by atoms with van der Waals surface area (Å²) in [5, 5.41) is 29.9. The number of aliphatic hydroxyl groups is 1. The second-order valence-corrected chi connectivity index (χ2v) is 6.41. The van der Waals surface area contributed by atoms with E-state index in [0.717, 1.165) is 16.7 Å². The molecule has 0 saturated carbocycles. The Kier molecular flexibility index (Phi) is 6.92. The molecule has 7 nitrogen and oxygen atoms in total. The van der Waals surface area contributed by atoms with E-state index in [-0.39, 0.29) is 12.8 Å². The molecule has 0 aliphatic heterocycles. The van der Waals surface area contributed by atoms with E-state index in [2.05, 4.69) is 5.32 Å². The van der Waals surface area contributed by atoms with Crippen LogP contribution in [0.2, 0.25) is 5.02 Å². The number of aliphatic carboxylic acids is 2. The van der Waals surface area contributed by atoms with Crippen LogP contribution in [0, 0.1) is 0 Å². The molecule has 0 fully saturated rings. The molecular weight excluding hydrogens is 374 g/mol. The molecule has 2 aromatic carbocycles. The average molecular weight is 392 g/mol. The van der Waals surface area contributed by atoms with Crippen molar-refractivity contribution in [3.8, 4) is 11.1 Å². The predicted molar refractivity (Wildman–Crippen MR) is 98.4 cm³/mol. The van der Waals surface area contributed by atoms with Gasteiger partial charge in [-0.3, -0.25) is 4.79 Å². The van der Waals surface area contributed by atoms with Gasteiger partial charge in [-0.1, -0.05) is 48.0 Å². The summed E-state index contributed by atoms with van der Waals surface area (Å²) in [5.41, 5.74) is 2.58. The molecule has 2 atom stereocenters. The molecule has 0 aromatic heterocycles. The molecule has 1 unspecified atom stereocenters. The summed E-state index contributed by atoms with van der Waals surface area (Å²) in [6, 6.07) is 13.7. The van der Waals surface area contributed by atoms with E-state index in [1.807, 2.05) is 30.3 Å². The minimum atomic E-state index is -1.71. The molecule has 2 aromatic rings. The van der Waals surface area contributed by atoms with Crippen molar-refractivity contribution >= 4 is 29.4 Å². The smallest absolute Gasteiger partial charge is 0.394 e. The first kappa shape index (κ1) is 20.4. The Labute approximate surface area is 160 Å². The van der Waals surface area contributed by atoms with Crippen molar-refractivity contribution in [2.75, 3.05) is 0 Å². The number of carbonyl (C=O) groups excluding carboxylic acids is 1. The van der Waals surface area contributed by atoms with Gasteiger partial charge < -0.3 is 20.6 Å². The molecule has 0 bridgehead atoms. The van der Waals surface area contributed by atoms with Crippen LogP contribution in [0.15, 0.2) is 48.5 Å². The van der Waals surface area contributed by atoms with E-state index in [1.165, 1.54) is 0 Å². The lowest BCUT2D eigenvalue weighted by Crippen LogP contribution is -2.43. The van der Waals surface area contributed by atoms with Gasteiger partial charge in [0.1, 0.15) is 0 Å². The molecule has 0 radical (unpaired) electrons. The van der Waals surface area contributed by atoms with Crippen LogP contribution in [-0.4, -0.2) is 45.3 Å². The molecule has 142 valence electrons. The van der Waals surface area contributed by atoms with Crippen LogP contribution in [0.1, 0.15) is 12.0 Å². The number of hydrogen-bond donors (Lipinski definition) is 4. The van der Waals surface area contributed by atoms with Gasteiger partial charge in [-0.15, -0.1) is 0 Å². The van der Waals surface area contributed by atoms with Gasteiger partial charge in [0.05, 0.1) is 0 Å². The fourth-order valence-corrected chi connectivity index (χ4v) is 2.79. The minimum Gasteiger partial charge on any atom is -0.479 e. The number of nitrogens with one attached hydrogen (secondary N) is 1.